The number of carbonyl (C=O) groups is 1. The highest BCUT2D eigenvalue weighted by molar-refractivity contribution is 5.68. The number of nitrogens with one attached hydrogen (secondary N) is 1. The summed E-state index contributed by atoms with van der Waals surface area (Å²) in [6.45, 7) is 11.4. The Bertz CT molecular complexity index is 542. The van der Waals surface area contributed by atoms with E-state index in [1.54, 1.807) is 6.20 Å². The highest BCUT2D eigenvalue weighted by Crippen LogP contribution is 2.24. The third-order valence-corrected chi connectivity index (χ3v) is 3.99. The number of hydrogen-bond acceptors (Lipinski definition) is 5. The topological polar surface area (TPSA) is 67.4 Å². The lowest BCUT2D eigenvalue weighted by molar-refractivity contribution is 0.0489. The van der Waals surface area contributed by atoms with Crippen LogP contribution in [0.25, 0.3) is 0 Å². The normalized spacial score (nSPS) is 20.0. The monoisotopic (exact) mass is 320 g/mol. The van der Waals surface area contributed by atoms with Crippen molar-refractivity contribution in [2.24, 2.45) is 5.92 Å². The van der Waals surface area contributed by atoms with Crippen LogP contribution >= 0.6 is 0 Å². The molecule has 128 valence electrons. The largest absolute Gasteiger partial charge is 0.444 e. The molecule has 6 heteroatoms. The van der Waals surface area contributed by atoms with Crippen molar-refractivity contribution < 1.29 is 9.53 Å². The standard InChI is InChI=1S/C17H28N4O2/c1-12(19-16(22)23-17(3,4)5)14-7-6-10-21(11-14)15-8-9-18-13(2)20-15/h8-9,12,14H,6-7,10-11H2,1-5H3,(H,19,22)/t12-,14+/m0/s1. The number of alkyl carbamates (subject to hydrolysis) is 1. The first-order valence-electron chi connectivity index (χ1n) is 8.29. The summed E-state index contributed by atoms with van der Waals surface area (Å²) in [4.78, 5) is 22.9. The lowest BCUT2D eigenvalue weighted by atomic mass is 9.91. The molecule has 1 aromatic rings. The maximum absolute atomic E-state index is 11.9. The van der Waals surface area contributed by atoms with E-state index in [-0.39, 0.29) is 12.1 Å². The van der Waals surface area contributed by atoms with E-state index < -0.39 is 5.60 Å². The Labute approximate surface area is 138 Å². The van der Waals surface area contributed by atoms with Crippen LogP contribution < -0.4 is 10.2 Å². The number of piperidine rings is 1. The lowest BCUT2D eigenvalue weighted by Gasteiger charge is -2.36. The van der Waals surface area contributed by atoms with Crippen LogP contribution in [0.2, 0.25) is 0 Å². The van der Waals surface area contributed by atoms with Crippen LogP contribution in [0.1, 0.15) is 46.4 Å². The minimum atomic E-state index is -0.471. The number of ether oxygens (including phenoxy) is 1. The van der Waals surface area contributed by atoms with E-state index in [2.05, 4.69) is 20.2 Å². The molecule has 1 aliphatic heterocycles. The Morgan fingerprint density at radius 1 is 1.48 bits per heavy atom. The van der Waals surface area contributed by atoms with Gasteiger partial charge in [-0.25, -0.2) is 14.8 Å². The molecule has 2 atom stereocenters. The second kappa shape index (κ2) is 7.15. The molecule has 1 amide bonds. The molecule has 1 saturated heterocycles. The van der Waals surface area contributed by atoms with E-state index in [0.29, 0.717) is 5.92 Å². The number of aromatic nitrogens is 2. The fraction of sp³-hybridized carbons (Fsp3) is 0.706. The maximum Gasteiger partial charge on any atom is 0.407 e. The Hall–Kier alpha value is -1.85. The zero-order valence-electron chi connectivity index (χ0n) is 14.8. The number of rotatable bonds is 3. The van der Waals surface area contributed by atoms with Gasteiger partial charge in [0.2, 0.25) is 0 Å². The predicted octanol–water partition coefficient (Wildman–Crippen LogP) is 2.91. The molecule has 0 aromatic carbocycles. The number of hydrogen-bond donors (Lipinski definition) is 1. The average Bonchev–Trinajstić information content (AvgIpc) is 2.45. The number of aryl methyl sites for hydroxylation is 1. The Morgan fingerprint density at radius 3 is 2.87 bits per heavy atom. The van der Waals surface area contributed by atoms with Crippen LogP contribution in [0.5, 0.6) is 0 Å². The highest BCUT2D eigenvalue weighted by Gasteiger charge is 2.27. The van der Waals surface area contributed by atoms with Gasteiger partial charge in [0.05, 0.1) is 0 Å². The van der Waals surface area contributed by atoms with Crippen molar-refractivity contribution in [3.8, 4) is 0 Å². The summed E-state index contributed by atoms with van der Waals surface area (Å²) in [6.07, 6.45) is 3.63. The smallest absolute Gasteiger partial charge is 0.407 e. The van der Waals surface area contributed by atoms with Crippen molar-refractivity contribution in [3.63, 3.8) is 0 Å². The van der Waals surface area contributed by atoms with Gasteiger partial charge in [0.1, 0.15) is 17.2 Å². The minimum Gasteiger partial charge on any atom is -0.444 e. The molecule has 0 radical (unpaired) electrons. The van der Waals surface area contributed by atoms with E-state index in [0.717, 1.165) is 37.6 Å². The first-order valence-corrected chi connectivity index (χ1v) is 8.29. The van der Waals surface area contributed by atoms with Crippen molar-refractivity contribution in [2.75, 3.05) is 18.0 Å². The molecule has 0 unspecified atom stereocenters. The van der Waals surface area contributed by atoms with Gasteiger partial charge in [-0.1, -0.05) is 0 Å². The van der Waals surface area contributed by atoms with Crippen LogP contribution in [-0.2, 0) is 4.74 Å². The van der Waals surface area contributed by atoms with Gasteiger partial charge in [-0.2, -0.15) is 0 Å². The molecule has 2 heterocycles. The van der Waals surface area contributed by atoms with Gasteiger partial charge < -0.3 is 15.0 Å². The minimum absolute atomic E-state index is 0.0654. The summed E-state index contributed by atoms with van der Waals surface area (Å²) < 4.78 is 5.34. The van der Waals surface area contributed by atoms with Crippen LogP contribution in [0, 0.1) is 12.8 Å². The van der Waals surface area contributed by atoms with Crippen molar-refractivity contribution in [1.29, 1.82) is 0 Å². The molecule has 0 aliphatic carbocycles. The molecule has 23 heavy (non-hydrogen) atoms. The Kier molecular flexibility index (Phi) is 5.44. The maximum atomic E-state index is 11.9. The first kappa shape index (κ1) is 17.5. The summed E-state index contributed by atoms with van der Waals surface area (Å²) in [5.74, 6) is 2.13. The van der Waals surface area contributed by atoms with E-state index in [9.17, 15) is 4.79 Å². The van der Waals surface area contributed by atoms with E-state index >= 15 is 0 Å². The quantitative estimate of drug-likeness (QED) is 0.927. The van der Waals surface area contributed by atoms with Gasteiger partial charge in [0, 0.05) is 25.3 Å². The first-order chi connectivity index (χ1) is 10.7. The molecule has 1 aliphatic rings. The highest BCUT2D eigenvalue weighted by atomic mass is 16.6. The zero-order valence-corrected chi connectivity index (χ0v) is 14.8. The zero-order chi connectivity index (χ0) is 17.0. The second-order valence-electron chi connectivity index (χ2n) is 7.25. The molecule has 0 spiro atoms. The molecule has 1 N–H and O–H groups in total. The van der Waals surface area contributed by atoms with Gasteiger partial charge >= 0.3 is 6.09 Å². The number of nitrogens with zero attached hydrogens (tertiary/aromatic N) is 3. The third kappa shape index (κ3) is 5.37. The van der Waals surface area contributed by atoms with Gasteiger partial charge in [-0.15, -0.1) is 0 Å². The second-order valence-corrected chi connectivity index (χ2v) is 7.25. The summed E-state index contributed by atoms with van der Waals surface area (Å²) in [7, 11) is 0. The number of carbonyl (C=O) groups excluding carboxylic acids is 1. The van der Waals surface area contributed by atoms with Gasteiger partial charge in [-0.05, 0) is 59.4 Å². The van der Waals surface area contributed by atoms with E-state index in [1.165, 1.54) is 0 Å². The molecule has 0 bridgehead atoms. The molecular formula is C17H28N4O2. The Balaban J connectivity index is 1.94. The van der Waals surface area contributed by atoms with Gasteiger partial charge in [0.15, 0.2) is 0 Å². The average molecular weight is 320 g/mol. The van der Waals surface area contributed by atoms with Crippen LogP contribution in [-0.4, -0.2) is 40.8 Å². The van der Waals surface area contributed by atoms with Crippen molar-refractivity contribution in [3.05, 3.63) is 18.1 Å². The SMILES string of the molecule is Cc1nccc(N2CCC[C@@H]([C@H](C)NC(=O)OC(C)(C)C)C2)n1. The molecule has 1 aromatic heterocycles. The molecular weight excluding hydrogens is 292 g/mol. The predicted molar refractivity (Wildman–Crippen MR) is 90.5 cm³/mol. The fourth-order valence-corrected chi connectivity index (χ4v) is 2.86. The lowest BCUT2D eigenvalue weighted by Crippen LogP contribution is -2.47. The van der Waals surface area contributed by atoms with Gasteiger partial charge in [0.25, 0.3) is 0 Å². The van der Waals surface area contributed by atoms with Crippen LogP contribution in [0.15, 0.2) is 12.3 Å². The third-order valence-electron chi connectivity index (χ3n) is 3.99. The molecule has 2 rings (SSSR count). The van der Waals surface area contributed by atoms with E-state index in [1.807, 2.05) is 40.7 Å². The van der Waals surface area contributed by atoms with Gasteiger partial charge in [-0.3, -0.25) is 0 Å². The number of amides is 1. The van der Waals surface area contributed by atoms with Crippen LogP contribution in [0.4, 0.5) is 10.6 Å². The molecule has 6 nitrogen and oxygen atoms in total. The van der Waals surface area contributed by atoms with E-state index in [4.69, 9.17) is 4.74 Å². The van der Waals surface area contributed by atoms with Crippen molar-refractivity contribution in [2.45, 2.75) is 59.1 Å². The van der Waals surface area contributed by atoms with Crippen molar-refractivity contribution >= 4 is 11.9 Å². The fourth-order valence-electron chi connectivity index (χ4n) is 2.86. The summed E-state index contributed by atoms with van der Waals surface area (Å²) in [5.41, 5.74) is -0.471. The molecule has 0 saturated carbocycles. The van der Waals surface area contributed by atoms with Crippen LogP contribution in [0.3, 0.4) is 0 Å². The Morgan fingerprint density at radius 2 is 2.22 bits per heavy atom. The summed E-state index contributed by atoms with van der Waals surface area (Å²) >= 11 is 0. The summed E-state index contributed by atoms with van der Waals surface area (Å²) in [5, 5.41) is 2.97. The van der Waals surface area contributed by atoms with Crippen molar-refractivity contribution in [1.82, 2.24) is 15.3 Å². The summed E-state index contributed by atoms with van der Waals surface area (Å²) in [6, 6.07) is 2.01. The number of anilines is 1. The molecule has 1 fully saturated rings.